The maximum absolute atomic E-state index is 9.04. The molecule has 0 aliphatic heterocycles. The van der Waals surface area contributed by atoms with Crippen LogP contribution in [0.3, 0.4) is 0 Å². The van der Waals surface area contributed by atoms with Crippen molar-refractivity contribution in [1.82, 2.24) is 9.97 Å². The summed E-state index contributed by atoms with van der Waals surface area (Å²) < 4.78 is 0. The number of benzene rings is 1. The van der Waals surface area contributed by atoms with E-state index in [0.29, 0.717) is 11.5 Å². The van der Waals surface area contributed by atoms with Crippen molar-refractivity contribution in [3.63, 3.8) is 0 Å². The van der Waals surface area contributed by atoms with Gasteiger partial charge in [-0.25, -0.2) is 4.98 Å². The van der Waals surface area contributed by atoms with Gasteiger partial charge in [-0.05, 0) is 23.1 Å². The number of hydrogen-bond acceptors (Lipinski definition) is 2. The number of nitriles is 1. The molecule has 2 heterocycles. The summed E-state index contributed by atoms with van der Waals surface area (Å²) in [6, 6.07) is 12.4. The van der Waals surface area contributed by atoms with Crippen LogP contribution in [0.1, 0.15) is 30.9 Å². The normalized spacial score (nSPS) is 10.9. The number of aromatic amines is 1. The first-order valence-corrected chi connectivity index (χ1v) is 6.67. The van der Waals surface area contributed by atoms with Gasteiger partial charge in [0, 0.05) is 23.3 Å². The van der Waals surface area contributed by atoms with Gasteiger partial charge < -0.3 is 4.98 Å². The molecule has 0 aliphatic rings. The summed E-state index contributed by atoms with van der Waals surface area (Å²) in [6.45, 7) is 4.37. The average molecular weight is 261 g/mol. The van der Waals surface area contributed by atoms with Crippen molar-refractivity contribution in [2.45, 2.75) is 19.8 Å². The lowest BCUT2D eigenvalue weighted by Crippen LogP contribution is -1.91. The van der Waals surface area contributed by atoms with E-state index in [1.807, 2.05) is 18.3 Å². The molecule has 3 heteroatoms. The molecule has 20 heavy (non-hydrogen) atoms. The molecule has 0 radical (unpaired) electrons. The first-order valence-electron chi connectivity index (χ1n) is 6.67. The Morgan fingerprint density at radius 2 is 2.00 bits per heavy atom. The Kier molecular flexibility index (Phi) is 3.00. The van der Waals surface area contributed by atoms with Gasteiger partial charge in [0.25, 0.3) is 0 Å². The molecule has 0 fully saturated rings. The number of H-pyrrole nitrogens is 1. The predicted molar refractivity (Wildman–Crippen MR) is 80.3 cm³/mol. The Hall–Kier alpha value is -2.60. The van der Waals surface area contributed by atoms with Crippen LogP contribution in [0.2, 0.25) is 0 Å². The second kappa shape index (κ2) is 4.82. The van der Waals surface area contributed by atoms with Crippen LogP contribution in [0.4, 0.5) is 0 Å². The lowest BCUT2D eigenvalue weighted by atomic mass is 9.92. The van der Waals surface area contributed by atoms with E-state index in [4.69, 9.17) is 5.26 Å². The zero-order chi connectivity index (χ0) is 14.1. The Morgan fingerprint density at radius 3 is 2.75 bits per heavy atom. The summed E-state index contributed by atoms with van der Waals surface area (Å²) >= 11 is 0. The van der Waals surface area contributed by atoms with Crippen molar-refractivity contribution in [2.24, 2.45) is 0 Å². The maximum Gasteiger partial charge on any atom is 0.137 e. The van der Waals surface area contributed by atoms with Crippen molar-refractivity contribution in [3.8, 4) is 17.2 Å². The summed E-state index contributed by atoms with van der Waals surface area (Å²) in [5.74, 6) is 0.447. The summed E-state index contributed by atoms with van der Waals surface area (Å²) in [5.41, 5.74) is 5.01. The SMILES string of the molecule is CC(C)c1ccccc1-c1c[nH]c2ncc(C#N)cc12. The van der Waals surface area contributed by atoms with E-state index in [1.54, 1.807) is 6.20 Å². The van der Waals surface area contributed by atoms with Crippen molar-refractivity contribution < 1.29 is 0 Å². The molecule has 3 rings (SSSR count). The first kappa shape index (κ1) is 12.4. The van der Waals surface area contributed by atoms with Crippen LogP contribution >= 0.6 is 0 Å². The number of fused-ring (bicyclic) bond motifs is 1. The highest BCUT2D eigenvalue weighted by Gasteiger charge is 2.13. The number of nitrogens with zero attached hydrogens (tertiary/aromatic N) is 2. The third kappa shape index (κ3) is 1.96. The average Bonchev–Trinajstić information content (AvgIpc) is 2.89. The Morgan fingerprint density at radius 1 is 1.20 bits per heavy atom. The quantitative estimate of drug-likeness (QED) is 0.750. The second-order valence-corrected chi connectivity index (χ2v) is 5.18. The molecule has 1 N–H and O–H groups in total. The maximum atomic E-state index is 9.04. The number of nitrogens with one attached hydrogen (secondary N) is 1. The van der Waals surface area contributed by atoms with E-state index in [2.05, 4.69) is 48.1 Å². The number of aromatic nitrogens is 2. The van der Waals surface area contributed by atoms with Crippen LogP contribution in [0.15, 0.2) is 42.7 Å². The largest absolute Gasteiger partial charge is 0.346 e. The summed E-state index contributed by atoms with van der Waals surface area (Å²) in [5, 5.41) is 10.0. The molecular formula is C17H15N3. The molecule has 2 aromatic heterocycles. The highest BCUT2D eigenvalue weighted by Crippen LogP contribution is 2.33. The van der Waals surface area contributed by atoms with E-state index in [1.165, 1.54) is 11.1 Å². The van der Waals surface area contributed by atoms with E-state index in [9.17, 15) is 0 Å². The molecule has 3 nitrogen and oxygen atoms in total. The Balaban J connectivity index is 2.28. The van der Waals surface area contributed by atoms with Crippen molar-refractivity contribution >= 4 is 11.0 Å². The zero-order valence-corrected chi connectivity index (χ0v) is 11.5. The van der Waals surface area contributed by atoms with Gasteiger partial charge in [-0.2, -0.15) is 5.26 Å². The lowest BCUT2D eigenvalue weighted by Gasteiger charge is -2.11. The summed E-state index contributed by atoms with van der Waals surface area (Å²) in [6.07, 6.45) is 3.57. The van der Waals surface area contributed by atoms with E-state index >= 15 is 0 Å². The van der Waals surface area contributed by atoms with Gasteiger partial charge in [0.05, 0.1) is 5.56 Å². The fourth-order valence-electron chi connectivity index (χ4n) is 2.53. The smallest absolute Gasteiger partial charge is 0.137 e. The summed E-state index contributed by atoms with van der Waals surface area (Å²) in [7, 11) is 0. The minimum absolute atomic E-state index is 0.447. The van der Waals surface area contributed by atoms with Crippen molar-refractivity contribution in [1.29, 1.82) is 5.26 Å². The Labute approximate surface area is 117 Å². The topological polar surface area (TPSA) is 52.5 Å². The Bertz CT molecular complexity index is 806. The fourth-order valence-corrected chi connectivity index (χ4v) is 2.53. The zero-order valence-electron chi connectivity index (χ0n) is 11.5. The molecule has 0 saturated carbocycles. The molecule has 0 aliphatic carbocycles. The second-order valence-electron chi connectivity index (χ2n) is 5.18. The van der Waals surface area contributed by atoms with Gasteiger partial charge in [-0.3, -0.25) is 0 Å². The van der Waals surface area contributed by atoms with Crippen molar-refractivity contribution in [2.75, 3.05) is 0 Å². The van der Waals surface area contributed by atoms with E-state index < -0.39 is 0 Å². The lowest BCUT2D eigenvalue weighted by molar-refractivity contribution is 0.869. The highest BCUT2D eigenvalue weighted by atomic mass is 14.8. The van der Waals surface area contributed by atoms with Crippen LogP contribution in [0.25, 0.3) is 22.2 Å². The molecule has 0 saturated heterocycles. The molecule has 0 bridgehead atoms. The van der Waals surface area contributed by atoms with E-state index in [-0.39, 0.29) is 0 Å². The molecule has 0 unspecified atom stereocenters. The van der Waals surface area contributed by atoms with Crippen LogP contribution in [-0.4, -0.2) is 9.97 Å². The van der Waals surface area contributed by atoms with Gasteiger partial charge in [-0.15, -0.1) is 0 Å². The third-order valence-corrected chi connectivity index (χ3v) is 3.53. The molecule has 0 atom stereocenters. The highest BCUT2D eigenvalue weighted by molar-refractivity contribution is 5.95. The van der Waals surface area contributed by atoms with Gasteiger partial charge in [0.15, 0.2) is 0 Å². The standard InChI is InChI=1S/C17H15N3/c1-11(2)13-5-3-4-6-14(13)16-10-20-17-15(16)7-12(8-18)9-19-17/h3-7,9-11H,1-2H3,(H,19,20). The van der Waals surface area contributed by atoms with Gasteiger partial charge in [0.1, 0.15) is 11.7 Å². The number of rotatable bonds is 2. The predicted octanol–water partition coefficient (Wildman–Crippen LogP) is 4.22. The fraction of sp³-hybridized carbons (Fsp3) is 0.176. The molecular weight excluding hydrogens is 246 g/mol. The monoisotopic (exact) mass is 261 g/mol. The number of hydrogen-bond donors (Lipinski definition) is 1. The van der Waals surface area contributed by atoms with Gasteiger partial charge in [-0.1, -0.05) is 38.1 Å². The van der Waals surface area contributed by atoms with Crippen LogP contribution < -0.4 is 0 Å². The summed E-state index contributed by atoms with van der Waals surface area (Å²) in [4.78, 5) is 7.48. The number of pyridine rings is 1. The molecule has 0 amide bonds. The third-order valence-electron chi connectivity index (χ3n) is 3.53. The molecule has 0 spiro atoms. The van der Waals surface area contributed by atoms with Crippen molar-refractivity contribution in [3.05, 3.63) is 53.9 Å². The van der Waals surface area contributed by atoms with Crippen LogP contribution in [0, 0.1) is 11.3 Å². The van der Waals surface area contributed by atoms with Crippen LogP contribution in [0.5, 0.6) is 0 Å². The minimum Gasteiger partial charge on any atom is -0.346 e. The van der Waals surface area contributed by atoms with Gasteiger partial charge >= 0.3 is 0 Å². The molecule has 1 aromatic carbocycles. The first-order chi connectivity index (χ1) is 9.70. The molecule has 98 valence electrons. The van der Waals surface area contributed by atoms with Crippen LogP contribution in [-0.2, 0) is 0 Å². The van der Waals surface area contributed by atoms with Gasteiger partial charge in [0.2, 0.25) is 0 Å². The molecule has 3 aromatic rings. The minimum atomic E-state index is 0.447. The van der Waals surface area contributed by atoms with E-state index in [0.717, 1.165) is 16.6 Å².